The molecule has 1 aliphatic rings. The molecule has 0 bridgehead atoms. The van der Waals surface area contributed by atoms with Gasteiger partial charge < -0.3 is 5.32 Å². The summed E-state index contributed by atoms with van der Waals surface area (Å²) in [6, 6.07) is 12.4. The second kappa shape index (κ2) is 4.36. The van der Waals surface area contributed by atoms with Crippen molar-refractivity contribution < 1.29 is 0 Å². The standard InChI is InChI=1S/C15H18N2/c1-11(12-6-7-12)10-16-15-9-8-13-4-2-3-5-14(13)17-15/h2-5,8-9,11-12H,6-7,10H2,1H3,(H,16,17). The van der Waals surface area contributed by atoms with Crippen LogP contribution < -0.4 is 5.32 Å². The molecule has 3 rings (SSSR count). The summed E-state index contributed by atoms with van der Waals surface area (Å²) in [5.74, 6) is 2.71. The highest BCUT2D eigenvalue weighted by Crippen LogP contribution is 2.36. The minimum Gasteiger partial charge on any atom is -0.370 e. The minimum absolute atomic E-state index is 0.767. The van der Waals surface area contributed by atoms with Gasteiger partial charge in [-0.3, -0.25) is 0 Å². The van der Waals surface area contributed by atoms with Crippen molar-refractivity contribution in [1.82, 2.24) is 4.98 Å². The van der Waals surface area contributed by atoms with E-state index in [4.69, 9.17) is 0 Å². The Morgan fingerprint density at radius 2 is 2.06 bits per heavy atom. The molecule has 1 unspecified atom stereocenters. The average Bonchev–Trinajstić information content (AvgIpc) is 3.20. The van der Waals surface area contributed by atoms with Crippen molar-refractivity contribution in [3.05, 3.63) is 36.4 Å². The van der Waals surface area contributed by atoms with Gasteiger partial charge >= 0.3 is 0 Å². The van der Waals surface area contributed by atoms with Crippen LogP contribution in [-0.4, -0.2) is 11.5 Å². The molecule has 2 aromatic rings. The fourth-order valence-corrected chi connectivity index (χ4v) is 2.26. The Bertz CT molecular complexity index is 517. The number of nitrogens with one attached hydrogen (secondary N) is 1. The van der Waals surface area contributed by atoms with Crippen LogP contribution in [0.1, 0.15) is 19.8 Å². The molecule has 2 nitrogen and oxygen atoms in total. The van der Waals surface area contributed by atoms with Gasteiger partial charge in [0, 0.05) is 11.9 Å². The van der Waals surface area contributed by atoms with E-state index in [0.717, 1.165) is 29.7 Å². The van der Waals surface area contributed by atoms with Gasteiger partial charge in [-0.05, 0) is 42.9 Å². The lowest BCUT2D eigenvalue weighted by atomic mass is 10.1. The third-order valence-corrected chi connectivity index (χ3v) is 3.63. The van der Waals surface area contributed by atoms with Crippen molar-refractivity contribution in [2.75, 3.05) is 11.9 Å². The lowest BCUT2D eigenvalue weighted by Crippen LogP contribution is -2.13. The molecule has 1 fully saturated rings. The number of pyridine rings is 1. The first-order chi connectivity index (χ1) is 8.33. The number of anilines is 1. The fraction of sp³-hybridized carbons (Fsp3) is 0.400. The van der Waals surface area contributed by atoms with Crippen LogP contribution in [0.4, 0.5) is 5.82 Å². The summed E-state index contributed by atoms with van der Waals surface area (Å²) < 4.78 is 0. The van der Waals surface area contributed by atoms with E-state index in [1.165, 1.54) is 18.2 Å². The number of fused-ring (bicyclic) bond motifs is 1. The highest BCUT2D eigenvalue weighted by molar-refractivity contribution is 5.79. The zero-order chi connectivity index (χ0) is 11.7. The molecule has 2 heteroatoms. The Kier molecular flexibility index (Phi) is 2.71. The van der Waals surface area contributed by atoms with Gasteiger partial charge in [0.2, 0.25) is 0 Å². The summed E-state index contributed by atoms with van der Waals surface area (Å²) in [7, 11) is 0. The minimum atomic E-state index is 0.767. The van der Waals surface area contributed by atoms with Crippen molar-refractivity contribution in [3.8, 4) is 0 Å². The normalized spacial score (nSPS) is 17.0. The third kappa shape index (κ3) is 2.41. The average molecular weight is 226 g/mol. The molecule has 0 saturated heterocycles. The SMILES string of the molecule is CC(CNc1ccc2ccccc2n1)C1CC1. The molecule has 0 amide bonds. The van der Waals surface area contributed by atoms with Crippen molar-refractivity contribution >= 4 is 16.7 Å². The Balaban J connectivity index is 1.71. The van der Waals surface area contributed by atoms with E-state index in [1.807, 2.05) is 12.1 Å². The second-order valence-corrected chi connectivity index (χ2v) is 5.08. The lowest BCUT2D eigenvalue weighted by Gasteiger charge is -2.12. The van der Waals surface area contributed by atoms with E-state index in [2.05, 4.69) is 41.5 Å². The maximum atomic E-state index is 4.62. The van der Waals surface area contributed by atoms with Crippen LogP contribution in [-0.2, 0) is 0 Å². The Hall–Kier alpha value is -1.57. The number of para-hydroxylation sites is 1. The molecule has 0 radical (unpaired) electrons. The van der Waals surface area contributed by atoms with Crippen LogP contribution in [0, 0.1) is 11.8 Å². The van der Waals surface area contributed by atoms with Crippen LogP contribution in [0.3, 0.4) is 0 Å². The molecule has 17 heavy (non-hydrogen) atoms. The molecule has 1 aliphatic carbocycles. The summed E-state index contributed by atoms with van der Waals surface area (Å²) in [5.41, 5.74) is 1.07. The topological polar surface area (TPSA) is 24.9 Å². The van der Waals surface area contributed by atoms with Crippen LogP contribution in [0.15, 0.2) is 36.4 Å². The maximum absolute atomic E-state index is 4.62. The van der Waals surface area contributed by atoms with Gasteiger partial charge in [-0.2, -0.15) is 0 Å². The molecule has 0 aliphatic heterocycles. The molecule has 1 saturated carbocycles. The van der Waals surface area contributed by atoms with Gasteiger partial charge in [0.05, 0.1) is 5.52 Å². The molecule has 1 atom stereocenters. The van der Waals surface area contributed by atoms with Crippen LogP contribution in [0.25, 0.3) is 10.9 Å². The smallest absolute Gasteiger partial charge is 0.126 e. The first-order valence-electron chi connectivity index (χ1n) is 6.42. The molecule has 1 N–H and O–H groups in total. The van der Waals surface area contributed by atoms with Crippen molar-refractivity contribution in [2.24, 2.45) is 11.8 Å². The summed E-state index contributed by atoms with van der Waals surface area (Å²) in [6.07, 6.45) is 2.82. The van der Waals surface area contributed by atoms with E-state index in [0.29, 0.717) is 0 Å². The van der Waals surface area contributed by atoms with E-state index < -0.39 is 0 Å². The van der Waals surface area contributed by atoms with Gasteiger partial charge in [-0.15, -0.1) is 0 Å². The second-order valence-electron chi connectivity index (χ2n) is 5.08. The number of benzene rings is 1. The zero-order valence-corrected chi connectivity index (χ0v) is 10.2. The summed E-state index contributed by atoms with van der Waals surface area (Å²) in [5, 5.41) is 4.65. The van der Waals surface area contributed by atoms with Gasteiger partial charge in [-0.1, -0.05) is 25.1 Å². The van der Waals surface area contributed by atoms with Crippen LogP contribution >= 0.6 is 0 Å². The van der Waals surface area contributed by atoms with Gasteiger partial charge in [0.25, 0.3) is 0 Å². The summed E-state index contributed by atoms with van der Waals surface area (Å²) in [4.78, 5) is 4.62. The zero-order valence-electron chi connectivity index (χ0n) is 10.2. The Labute approximate surface area is 102 Å². The Morgan fingerprint density at radius 1 is 1.24 bits per heavy atom. The molecule has 0 spiro atoms. The van der Waals surface area contributed by atoms with Crippen molar-refractivity contribution in [1.29, 1.82) is 0 Å². The lowest BCUT2D eigenvalue weighted by molar-refractivity contribution is 0.536. The van der Waals surface area contributed by atoms with E-state index in [1.54, 1.807) is 0 Å². The maximum Gasteiger partial charge on any atom is 0.126 e. The first-order valence-corrected chi connectivity index (χ1v) is 6.42. The quantitative estimate of drug-likeness (QED) is 0.860. The third-order valence-electron chi connectivity index (χ3n) is 3.63. The molecular formula is C15H18N2. The summed E-state index contributed by atoms with van der Waals surface area (Å²) >= 11 is 0. The van der Waals surface area contributed by atoms with Crippen molar-refractivity contribution in [3.63, 3.8) is 0 Å². The fourth-order valence-electron chi connectivity index (χ4n) is 2.26. The van der Waals surface area contributed by atoms with E-state index in [9.17, 15) is 0 Å². The monoisotopic (exact) mass is 226 g/mol. The van der Waals surface area contributed by atoms with Crippen LogP contribution in [0.2, 0.25) is 0 Å². The number of aromatic nitrogens is 1. The number of hydrogen-bond donors (Lipinski definition) is 1. The molecule has 1 aromatic heterocycles. The molecule has 1 heterocycles. The Morgan fingerprint density at radius 3 is 2.88 bits per heavy atom. The predicted molar refractivity (Wildman–Crippen MR) is 72.1 cm³/mol. The van der Waals surface area contributed by atoms with E-state index in [-0.39, 0.29) is 0 Å². The van der Waals surface area contributed by atoms with Crippen molar-refractivity contribution in [2.45, 2.75) is 19.8 Å². The van der Waals surface area contributed by atoms with Crippen LogP contribution in [0.5, 0.6) is 0 Å². The first kappa shape index (κ1) is 10.6. The van der Waals surface area contributed by atoms with Gasteiger partial charge in [0.15, 0.2) is 0 Å². The molecule has 1 aromatic carbocycles. The van der Waals surface area contributed by atoms with Gasteiger partial charge in [-0.25, -0.2) is 4.98 Å². The predicted octanol–water partition coefficient (Wildman–Crippen LogP) is 3.69. The summed E-state index contributed by atoms with van der Waals surface area (Å²) in [6.45, 7) is 3.36. The molecular weight excluding hydrogens is 208 g/mol. The van der Waals surface area contributed by atoms with Gasteiger partial charge in [0.1, 0.15) is 5.82 Å². The highest BCUT2D eigenvalue weighted by Gasteiger charge is 2.27. The molecule has 88 valence electrons. The highest BCUT2D eigenvalue weighted by atomic mass is 15.0. The number of nitrogens with zero attached hydrogens (tertiary/aromatic N) is 1. The number of hydrogen-bond acceptors (Lipinski definition) is 2. The number of rotatable bonds is 4. The van der Waals surface area contributed by atoms with E-state index >= 15 is 0 Å². The largest absolute Gasteiger partial charge is 0.370 e.